The predicted molar refractivity (Wildman–Crippen MR) is 63.7 cm³/mol. The number of aryl methyl sites for hydroxylation is 1. The summed E-state index contributed by atoms with van der Waals surface area (Å²) in [7, 11) is 0. The molecule has 1 aliphatic heterocycles. The summed E-state index contributed by atoms with van der Waals surface area (Å²) in [6, 6.07) is -0.297. The molecule has 1 fully saturated rings. The molecule has 17 heavy (non-hydrogen) atoms. The highest BCUT2D eigenvalue weighted by Crippen LogP contribution is 2.16. The summed E-state index contributed by atoms with van der Waals surface area (Å²) in [5.74, 6) is 0.505. The first kappa shape index (κ1) is 12.0. The summed E-state index contributed by atoms with van der Waals surface area (Å²) in [4.78, 5) is 28.0. The molecule has 1 saturated heterocycles. The quantitative estimate of drug-likeness (QED) is 0.615. The maximum absolute atomic E-state index is 11.3. The van der Waals surface area contributed by atoms with Crippen molar-refractivity contribution in [2.24, 2.45) is 0 Å². The van der Waals surface area contributed by atoms with Crippen molar-refractivity contribution in [1.29, 1.82) is 0 Å². The maximum Gasteiger partial charge on any atom is 0.324 e. The van der Waals surface area contributed by atoms with E-state index in [0.29, 0.717) is 12.3 Å². The van der Waals surface area contributed by atoms with E-state index in [4.69, 9.17) is 0 Å². The third kappa shape index (κ3) is 2.60. The number of urea groups is 1. The molecule has 0 spiro atoms. The zero-order valence-corrected chi connectivity index (χ0v) is 10.4. The minimum absolute atomic E-state index is 0.118. The Balaban J connectivity index is 1.83. The molecule has 1 aliphatic rings. The van der Waals surface area contributed by atoms with Crippen LogP contribution in [0.5, 0.6) is 0 Å². The topological polar surface area (TPSA) is 67.2 Å². The van der Waals surface area contributed by atoms with Gasteiger partial charge in [0.05, 0.1) is 6.54 Å². The molecule has 1 aromatic heterocycles. The van der Waals surface area contributed by atoms with Crippen LogP contribution in [0.2, 0.25) is 0 Å². The molecule has 6 nitrogen and oxygen atoms in total. The van der Waals surface area contributed by atoms with Crippen molar-refractivity contribution in [3.63, 3.8) is 0 Å². The van der Waals surface area contributed by atoms with Gasteiger partial charge in [0.2, 0.25) is 5.91 Å². The zero-order valence-electron chi connectivity index (χ0n) is 9.55. The molecule has 2 heterocycles. The number of rotatable bonds is 5. The molecule has 0 aliphatic carbocycles. The van der Waals surface area contributed by atoms with E-state index in [0.717, 1.165) is 11.7 Å². The largest absolute Gasteiger partial charge is 0.329 e. The van der Waals surface area contributed by atoms with Crippen LogP contribution in [0.3, 0.4) is 0 Å². The van der Waals surface area contributed by atoms with Crippen LogP contribution < -0.4 is 5.32 Å². The van der Waals surface area contributed by atoms with Gasteiger partial charge < -0.3 is 9.88 Å². The predicted octanol–water partition coefficient (Wildman–Crippen LogP) is 0.547. The average molecular weight is 254 g/mol. The first-order chi connectivity index (χ1) is 8.22. The van der Waals surface area contributed by atoms with Crippen molar-refractivity contribution in [3.05, 3.63) is 12.4 Å². The molecule has 0 unspecified atom stereocenters. The number of amides is 3. The van der Waals surface area contributed by atoms with Gasteiger partial charge in [0.1, 0.15) is 0 Å². The van der Waals surface area contributed by atoms with Crippen LogP contribution in [0.4, 0.5) is 4.79 Å². The van der Waals surface area contributed by atoms with Gasteiger partial charge in [0.15, 0.2) is 5.16 Å². The second-order valence-corrected chi connectivity index (χ2v) is 4.61. The fourth-order valence-corrected chi connectivity index (χ4v) is 2.53. The Kier molecular flexibility index (Phi) is 3.68. The maximum atomic E-state index is 11.3. The van der Waals surface area contributed by atoms with Gasteiger partial charge in [-0.1, -0.05) is 11.8 Å². The monoisotopic (exact) mass is 254 g/mol. The van der Waals surface area contributed by atoms with Gasteiger partial charge in [-0.05, 0) is 6.92 Å². The van der Waals surface area contributed by atoms with Crippen molar-refractivity contribution in [2.75, 3.05) is 18.8 Å². The lowest BCUT2D eigenvalue weighted by Crippen LogP contribution is -2.32. The molecule has 0 aromatic carbocycles. The number of thioether (sulfide) groups is 1. The average Bonchev–Trinajstić information content (AvgIpc) is 2.89. The molecular formula is C10H14N4O2S. The third-order valence-corrected chi connectivity index (χ3v) is 3.49. The molecule has 3 amide bonds. The lowest BCUT2D eigenvalue weighted by Gasteiger charge is -2.11. The Morgan fingerprint density at radius 2 is 2.35 bits per heavy atom. The highest BCUT2D eigenvalue weighted by atomic mass is 32.2. The summed E-state index contributed by atoms with van der Waals surface area (Å²) in [6.07, 6.45) is 3.66. The molecule has 0 bridgehead atoms. The molecule has 92 valence electrons. The van der Waals surface area contributed by atoms with Crippen molar-refractivity contribution in [2.45, 2.75) is 18.6 Å². The number of hydrogen-bond acceptors (Lipinski definition) is 4. The Morgan fingerprint density at radius 1 is 1.53 bits per heavy atom. The molecule has 2 rings (SSSR count). The van der Waals surface area contributed by atoms with Gasteiger partial charge >= 0.3 is 6.03 Å². The van der Waals surface area contributed by atoms with E-state index in [1.165, 1.54) is 4.90 Å². The summed E-state index contributed by atoms with van der Waals surface area (Å²) >= 11 is 1.55. The van der Waals surface area contributed by atoms with E-state index in [2.05, 4.69) is 10.3 Å². The molecule has 0 saturated carbocycles. The molecule has 0 atom stereocenters. The van der Waals surface area contributed by atoms with Crippen LogP contribution in [0.15, 0.2) is 17.6 Å². The number of imide groups is 1. The number of aromatic nitrogens is 2. The second-order valence-electron chi connectivity index (χ2n) is 3.55. The van der Waals surface area contributed by atoms with E-state index in [1.54, 1.807) is 18.0 Å². The van der Waals surface area contributed by atoms with E-state index in [9.17, 15) is 9.59 Å². The fraction of sp³-hybridized carbons (Fsp3) is 0.500. The van der Waals surface area contributed by atoms with Crippen molar-refractivity contribution < 1.29 is 9.59 Å². The van der Waals surface area contributed by atoms with Crippen LogP contribution >= 0.6 is 11.8 Å². The first-order valence-electron chi connectivity index (χ1n) is 5.44. The highest BCUT2D eigenvalue weighted by molar-refractivity contribution is 7.99. The van der Waals surface area contributed by atoms with Crippen LogP contribution in [0.25, 0.3) is 0 Å². The Bertz CT molecular complexity index is 416. The van der Waals surface area contributed by atoms with Crippen LogP contribution in [0.1, 0.15) is 6.92 Å². The summed E-state index contributed by atoms with van der Waals surface area (Å²) < 4.78 is 2.02. The molecule has 7 heteroatoms. The van der Waals surface area contributed by atoms with E-state index >= 15 is 0 Å². The minimum atomic E-state index is -0.297. The van der Waals surface area contributed by atoms with Gasteiger partial charge in [-0.2, -0.15) is 0 Å². The van der Waals surface area contributed by atoms with Gasteiger partial charge in [-0.15, -0.1) is 0 Å². The fourth-order valence-electron chi connectivity index (χ4n) is 1.59. The number of imidazole rings is 1. The van der Waals surface area contributed by atoms with Crippen LogP contribution in [0, 0.1) is 0 Å². The van der Waals surface area contributed by atoms with Gasteiger partial charge in [0, 0.05) is 31.2 Å². The van der Waals surface area contributed by atoms with Crippen molar-refractivity contribution >= 4 is 23.7 Å². The highest BCUT2D eigenvalue weighted by Gasteiger charge is 2.27. The standard InChI is InChI=1S/C10H14N4O2S/c1-2-13-4-3-11-10(13)17-6-5-14-8(15)7-12-9(14)16/h3-4H,2,5-7H2,1H3,(H,12,16). The van der Waals surface area contributed by atoms with Gasteiger partial charge in [-0.25, -0.2) is 9.78 Å². The molecule has 0 radical (unpaired) electrons. The second kappa shape index (κ2) is 5.22. The Hall–Kier alpha value is -1.50. The third-order valence-electron chi connectivity index (χ3n) is 2.50. The summed E-state index contributed by atoms with van der Waals surface area (Å²) in [6.45, 7) is 3.45. The summed E-state index contributed by atoms with van der Waals surface area (Å²) in [5.41, 5.74) is 0. The number of carbonyl (C=O) groups is 2. The smallest absolute Gasteiger partial charge is 0.324 e. The normalized spacial score (nSPS) is 15.5. The van der Waals surface area contributed by atoms with E-state index in [1.807, 2.05) is 17.7 Å². The van der Waals surface area contributed by atoms with Crippen molar-refractivity contribution in [1.82, 2.24) is 19.8 Å². The van der Waals surface area contributed by atoms with E-state index in [-0.39, 0.29) is 18.5 Å². The van der Waals surface area contributed by atoms with Crippen LogP contribution in [-0.2, 0) is 11.3 Å². The number of nitrogens with one attached hydrogen (secondary N) is 1. The first-order valence-corrected chi connectivity index (χ1v) is 6.43. The Labute approximate surface area is 103 Å². The molecule has 1 N–H and O–H groups in total. The minimum Gasteiger partial charge on any atom is -0.329 e. The van der Waals surface area contributed by atoms with Gasteiger partial charge in [-0.3, -0.25) is 9.69 Å². The van der Waals surface area contributed by atoms with E-state index < -0.39 is 0 Å². The van der Waals surface area contributed by atoms with Gasteiger partial charge in [0.25, 0.3) is 0 Å². The zero-order chi connectivity index (χ0) is 12.3. The summed E-state index contributed by atoms with van der Waals surface area (Å²) in [5, 5.41) is 3.41. The molecular weight excluding hydrogens is 240 g/mol. The lowest BCUT2D eigenvalue weighted by atomic mass is 10.5. The molecule has 1 aromatic rings. The lowest BCUT2D eigenvalue weighted by molar-refractivity contribution is -0.124. The Morgan fingerprint density at radius 3 is 3.00 bits per heavy atom. The number of nitrogens with zero attached hydrogens (tertiary/aromatic N) is 3. The number of hydrogen-bond donors (Lipinski definition) is 1. The van der Waals surface area contributed by atoms with Crippen LogP contribution in [-0.4, -0.2) is 45.2 Å². The van der Waals surface area contributed by atoms with Crippen molar-refractivity contribution in [3.8, 4) is 0 Å². The SMILES string of the molecule is CCn1ccnc1SCCN1C(=O)CNC1=O. The number of carbonyl (C=O) groups excluding carboxylic acids is 2.